The minimum absolute atomic E-state index is 0. The van der Waals surface area contributed by atoms with E-state index in [1.165, 1.54) is 10.1 Å². The molecule has 1 fully saturated rings. The SMILES string of the molecule is Cl.Cn1c(N)nc([C@H]2C[C@H]2c2ccc(-c3cccc(C(N)=O)c3)cc2)cc1=O. The Bertz CT molecular complexity index is 1090. The Balaban J connectivity index is 0.00000225. The second kappa shape index (κ2) is 7.48. The molecule has 2 atom stereocenters. The fraction of sp³-hybridized carbons (Fsp3) is 0.190. The van der Waals surface area contributed by atoms with Crippen LogP contribution in [-0.4, -0.2) is 15.5 Å². The molecule has 0 aliphatic heterocycles. The average molecular weight is 397 g/mol. The van der Waals surface area contributed by atoms with E-state index in [0.29, 0.717) is 11.5 Å². The lowest BCUT2D eigenvalue weighted by Crippen LogP contribution is -2.21. The number of nitrogens with zero attached hydrogens (tertiary/aromatic N) is 2. The van der Waals surface area contributed by atoms with Gasteiger partial charge in [0.15, 0.2) is 0 Å². The summed E-state index contributed by atoms with van der Waals surface area (Å²) in [6.45, 7) is 0. The van der Waals surface area contributed by atoms with Crippen LogP contribution in [0.3, 0.4) is 0 Å². The number of rotatable bonds is 4. The highest BCUT2D eigenvalue weighted by Crippen LogP contribution is 2.54. The maximum absolute atomic E-state index is 11.9. The third kappa shape index (κ3) is 3.64. The summed E-state index contributed by atoms with van der Waals surface area (Å²) in [7, 11) is 1.62. The zero-order valence-electron chi connectivity index (χ0n) is 15.3. The van der Waals surface area contributed by atoms with Crippen LogP contribution in [0.1, 0.15) is 39.9 Å². The van der Waals surface area contributed by atoms with Gasteiger partial charge in [-0.3, -0.25) is 14.2 Å². The van der Waals surface area contributed by atoms with Crippen molar-refractivity contribution in [3.63, 3.8) is 0 Å². The van der Waals surface area contributed by atoms with Crippen molar-refractivity contribution in [3.05, 3.63) is 81.8 Å². The molecule has 3 aromatic rings. The molecular formula is C21H21ClN4O2. The first-order chi connectivity index (χ1) is 12.9. The summed E-state index contributed by atoms with van der Waals surface area (Å²) in [5.41, 5.74) is 15.5. The number of benzene rings is 2. The summed E-state index contributed by atoms with van der Waals surface area (Å²) in [4.78, 5) is 27.6. The number of hydrogen-bond donors (Lipinski definition) is 2. The fourth-order valence-corrected chi connectivity index (χ4v) is 3.43. The molecule has 4 rings (SSSR count). The van der Waals surface area contributed by atoms with Gasteiger partial charge in [0, 0.05) is 24.6 Å². The molecule has 28 heavy (non-hydrogen) atoms. The minimum Gasteiger partial charge on any atom is -0.369 e. The summed E-state index contributed by atoms with van der Waals surface area (Å²) in [5.74, 6) is 0.378. The molecule has 6 nitrogen and oxygen atoms in total. The van der Waals surface area contributed by atoms with E-state index < -0.39 is 5.91 Å². The van der Waals surface area contributed by atoms with E-state index >= 15 is 0 Å². The van der Waals surface area contributed by atoms with Crippen molar-refractivity contribution in [2.45, 2.75) is 18.3 Å². The van der Waals surface area contributed by atoms with Crippen LogP contribution in [0.15, 0.2) is 59.4 Å². The molecule has 0 bridgehead atoms. The molecule has 7 heteroatoms. The number of anilines is 1. The zero-order valence-corrected chi connectivity index (χ0v) is 16.1. The lowest BCUT2D eigenvalue weighted by atomic mass is 9.99. The number of nitrogen functional groups attached to an aromatic ring is 1. The Morgan fingerprint density at radius 2 is 1.79 bits per heavy atom. The second-order valence-corrected chi connectivity index (χ2v) is 6.95. The lowest BCUT2D eigenvalue weighted by Gasteiger charge is -2.07. The van der Waals surface area contributed by atoms with Crippen LogP contribution in [0, 0.1) is 0 Å². The van der Waals surface area contributed by atoms with Crippen molar-refractivity contribution in [3.8, 4) is 11.1 Å². The molecule has 0 radical (unpaired) electrons. The van der Waals surface area contributed by atoms with Gasteiger partial charge in [0.1, 0.15) is 0 Å². The summed E-state index contributed by atoms with van der Waals surface area (Å²) in [5, 5.41) is 0. The first-order valence-corrected chi connectivity index (χ1v) is 8.77. The molecule has 0 spiro atoms. The largest absolute Gasteiger partial charge is 0.369 e. The van der Waals surface area contributed by atoms with E-state index in [4.69, 9.17) is 11.5 Å². The van der Waals surface area contributed by atoms with Crippen molar-refractivity contribution in [2.75, 3.05) is 5.73 Å². The predicted octanol–water partition coefficient (Wildman–Crippen LogP) is 2.82. The van der Waals surface area contributed by atoms with Crippen LogP contribution >= 0.6 is 12.4 Å². The smallest absolute Gasteiger partial charge is 0.254 e. The third-order valence-electron chi connectivity index (χ3n) is 5.18. The molecular weight excluding hydrogens is 376 g/mol. The van der Waals surface area contributed by atoms with E-state index in [-0.39, 0.29) is 29.8 Å². The summed E-state index contributed by atoms with van der Waals surface area (Å²) in [6, 6.07) is 17.1. The number of hydrogen-bond acceptors (Lipinski definition) is 4. The topological polar surface area (TPSA) is 104 Å². The highest BCUT2D eigenvalue weighted by atomic mass is 35.5. The molecule has 1 aromatic heterocycles. The maximum atomic E-state index is 11.9. The van der Waals surface area contributed by atoms with Crippen LogP contribution in [-0.2, 0) is 7.05 Å². The Morgan fingerprint density at radius 3 is 2.43 bits per heavy atom. The third-order valence-corrected chi connectivity index (χ3v) is 5.18. The molecule has 144 valence electrons. The first-order valence-electron chi connectivity index (χ1n) is 8.77. The Labute approximate surface area is 168 Å². The fourth-order valence-electron chi connectivity index (χ4n) is 3.43. The Morgan fingerprint density at radius 1 is 1.07 bits per heavy atom. The quantitative estimate of drug-likeness (QED) is 0.707. The molecule has 2 aromatic carbocycles. The van der Waals surface area contributed by atoms with Gasteiger partial charge in [0.2, 0.25) is 11.9 Å². The van der Waals surface area contributed by atoms with Crippen LogP contribution in [0.25, 0.3) is 11.1 Å². The van der Waals surface area contributed by atoms with Gasteiger partial charge >= 0.3 is 0 Å². The number of halogens is 1. The van der Waals surface area contributed by atoms with E-state index in [9.17, 15) is 9.59 Å². The number of carbonyl (C=O) groups excluding carboxylic acids is 1. The number of primary amides is 1. The summed E-state index contributed by atoms with van der Waals surface area (Å²) >= 11 is 0. The number of nitrogens with two attached hydrogens (primary N) is 2. The number of amides is 1. The van der Waals surface area contributed by atoms with Crippen molar-refractivity contribution in [1.29, 1.82) is 0 Å². The van der Waals surface area contributed by atoms with Crippen molar-refractivity contribution < 1.29 is 4.79 Å². The van der Waals surface area contributed by atoms with Crippen LogP contribution in [0.4, 0.5) is 5.95 Å². The highest BCUT2D eigenvalue weighted by Gasteiger charge is 2.41. The number of carbonyl (C=O) groups is 1. The molecule has 4 N–H and O–H groups in total. The van der Waals surface area contributed by atoms with Gasteiger partial charge < -0.3 is 11.5 Å². The summed E-state index contributed by atoms with van der Waals surface area (Å²) in [6.07, 6.45) is 0.954. The van der Waals surface area contributed by atoms with Gasteiger partial charge in [-0.05, 0) is 41.2 Å². The monoisotopic (exact) mass is 396 g/mol. The van der Waals surface area contributed by atoms with E-state index in [0.717, 1.165) is 23.2 Å². The van der Waals surface area contributed by atoms with Crippen molar-refractivity contribution in [1.82, 2.24) is 9.55 Å². The van der Waals surface area contributed by atoms with Gasteiger partial charge in [0.25, 0.3) is 5.56 Å². The highest BCUT2D eigenvalue weighted by molar-refractivity contribution is 5.94. The Kier molecular flexibility index (Phi) is 5.25. The normalized spacial score (nSPS) is 17.6. The molecule has 1 aliphatic rings. The van der Waals surface area contributed by atoms with Gasteiger partial charge in [-0.2, -0.15) is 0 Å². The van der Waals surface area contributed by atoms with Crippen molar-refractivity contribution in [2.24, 2.45) is 12.8 Å². The Hall–Kier alpha value is -3.12. The maximum Gasteiger partial charge on any atom is 0.254 e. The van der Waals surface area contributed by atoms with Gasteiger partial charge in [0.05, 0.1) is 5.69 Å². The van der Waals surface area contributed by atoms with E-state index in [2.05, 4.69) is 17.1 Å². The van der Waals surface area contributed by atoms with E-state index in [1.54, 1.807) is 25.2 Å². The molecule has 1 heterocycles. The molecule has 0 saturated heterocycles. The van der Waals surface area contributed by atoms with Gasteiger partial charge in [-0.25, -0.2) is 4.98 Å². The zero-order chi connectivity index (χ0) is 19.1. The minimum atomic E-state index is -0.435. The van der Waals surface area contributed by atoms with Crippen molar-refractivity contribution >= 4 is 24.3 Å². The molecule has 0 unspecified atom stereocenters. The van der Waals surface area contributed by atoms with Gasteiger partial charge in [-0.15, -0.1) is 12.4 Å². The molecule has 1 aliphatic carbocycles. The van der Waals surface area contributed by atoms with Gasteiger partial charge in [-0.1, -0.05) is 36.4 Å². The van der Waals surface area contributed by atoms with E-state index in [1.807, 2.05) is 24.3 Å². The molecule has 1 amide bonds. The predicted molar refractivity (Wildman–Crippen MR) is 112 cm³/mol. The lowest BCUT2D eigenvalue weighted by molar-refractivity contribution is 0.100. The average Bonchev–Trinajstić information content (AvgIpc) is 3.47. The van der Waals surface area contributed by atoms with Crippen LogP contribution in [0.5, 0.6) is 0 Å². The van der Waals surface area contributed by atoms with Crippen LogP contribution in [0.2, 0.25) is 0 Å². The molecule has 1 saturated carbocycles. The standard InChI is InChI=1S/C21H20N4O2.ClH/c1-25-19(26)11-18(24-21(25)23)17-10-16(17)13-7-5-12(6-8-13)14-3-2-4-15(9-14)20(22)27;/h2-9,11,16-17H,10H2,1H3,(H2,22,27)(H2,23,24);1H/t16-,17-;/m0./s1. The summed E-state index contributed by atoms with van der Waals surface area (Å²) < 4.78 is 1.34. The first kappa shape index (κ1) is 19.6. The van der Waals surface area contributed by atoms with Crippen LogP contribution < -0.4 is 17.0 Å². The second-order valence-electron chi connectivity index (χ2n) is 6.95. The number of aromatic nitrogens is 2.